The van der Waals surface area contributed by atoms with Crippen LogP contribution in [-0.2, 0) is 0 Å². The van der Waals surface area contributed by atoms with E-state index in [0.717, 1.165) is 18.9 Å². The van der Waals surface area contributed by atoms with Gasteiger partial charge < -0.3 is 9.64 Å². The predicted octanol–water partition coefficient (Wildman–Crippen LogP) is 1.93. The number of likely N-dealkylation sites (tertiary alicyclic amines) is 1. The third-order valence-corrected chi connectivity index (χ3v) is 4.18. The molecule has 7 heteroatoms. The van der Waals surface area contributed by atoms with Crippen molar-refractivity contribution in [2.45, 2.75) is 26.2 Å². The zero-order chi connectivity index (χ0) is 16.1. The lowest BCUT2D eigenvalue weighted by Gasteiger charge is -2.30. The smallest absolute Gasteiger partial charge is 0.439 e. The quantitative estimate of drug-likeness (QED) is 0.819. The van der Waals surface area contributed by atoms with E-state index < -0.39 is 5.76 Å². The van der Waals surface area contributed by atoms with Crippen molar-refractivity contribution in [3.8, 4) is 17.3 Å². The molecule has 3 rings (SSSR count). The summed E-state index contributed by atoms with van der Waals surface area (Å²) in [6.07, 6.45) is 5.24. The molecule has 0 spiro atoms. The van der Waals surface area contributed by atoms with Crippen LogP contribution in [0.3, 0.4) is 0 Å². The van der Waals surface area contributed by atoms with Gasteiger partial charge in [-0.3, -0.25) is 9.51 Å². The fraction of sp³-hybridized carbons (Fsp3) is 0.562. The summed E-state index contributed by atoms with van der Waals surface area (Å²) in [5, 5.41) is 3.60. The first-order valence-corrected chi connectivity index (χ1v) is 8.08. The maximum absolute atomic E-state index is 10.9. The number of ether oxygens (including phenoxy) is 1. The van der Waals surface area contributed by atoms with Crippen LogP contribution in [0.5, 0.6) is 5.75 Å². The van der Waals surface area contributed by atoms with Gasteiger partial charge in [-0.1, -0.05) is 12.1 Å². The lowest BCUT2D eigenvalue weighted by Crippen LogP contribution is -2.34. The fourth-order valence-electron chi connectivity index (χ4n) is 2.71. The van der Waals surface area contributed by atoms with E-state index in [1.165, 1.54) is 25.9 Å². The molecular weight excluding hydrogens is 296 g/mol. The molecule has 124 valence electrons. The highest BCUT2D eigenvalue weighted by molar-refractivity contribution is 5.48. The Hall–Kier alpha value is -2.15. The second kappa shape index (κ2) is 7.41. The minimum atomic E-state index is -0.589. The number of nitrogens with one attached hydrogen (secondary N) is 1. The number of hydrogen-bond acceptors (Lipinski definition) is 6. The Morgan fingerprint density at radius 3 is 2.87 bits per heavy atom. The minimum Gasteiger partial charge on any atom is -0.492 e. The number of aromatic amines is 1. The molecule has 0 amide bonds. The maximum atomic E-state index is 10.9. The zero-order valence-electron chi connectivity index (χ0n) is 13.3. The van der Waals surface area contributed by atoms with Crippen LogP contribution in [0.1, 0.15) is 26.2 Å². The fourth-order valence-corrected chi connectivity index (χ4v) is 2.71. The highest BCUT2D eigenvalue weighted by Gasteiger charge is 2.14. The van der Waals surface area contributed by atoms with Crippen molar-refractivity contribution in [1.82, 2.24) is 20.0 Å². The van der Waals surface area contributed by atoms with Crippen LogP contribution in [0, 0.1) is 5.92 Å². The zero-order valence-corrected chi connectivity index (χ0v) is 13.3. The Bertz CT molecular complexity index is 656. The van der Waals surface area contributed by atoms with E-state index in [-0.39, 0.29) is 0 Å². The van der Waals surface area contributed by atoms with Crippen LogP contribution in [-0.4, -0.2) is 46.3 Å². The van der Waals surface area contributed by atoms with E-state index in [2.05, 4.69) is 31.5 Å². The number of nitrogens with zero attached hydrogens (tertiary/aromatic N) is 3. The van der Waals surface area contributed by atoms with Crippen LogP contribution < -0.4 is 10.5 Å². The molecule has 1 N–H and O–H groups in total. The highest BCUT2D eigenvalue weighted by atomic mass is 16.5. The van der Waals surface area contributed by atoms with Crippen molar-refractivity contribution in [3.05, 3.63) is 28.9 Å². The molecule has 2 aromatic rings. The lowest BCUT2D eigenvalue weighted by molar-refractivity contribution is 0.177. The van der Waals surface area contributed by atoms with Crippen LogP contribution in [0.2, 0.25) is 0 Å². The Morgan fingerprint density at radius 1 is 1.39 bits per heavy atom. The SMILES string of the molecule is CC1CCN(CCCOc2ccc(-c3noc(=O)[nH]3)nc2)CC1. The van der Waals surface area contributed by atoms with Gasteiger partial charge in [0.25, 0.3) is 0 Å². The van der Waals surface area contributed by atoms with E-state index in [1.54, 1.807) is 12.3 Å². The number of pyridine rings is 1. The van der Waals surface area contributed by atoms with E-state index >= 15 is 0 Å². The van der Waals surface area contributed by atoms with Gasteiger partial charge in [-0.15, -0.1) is 0 Å². The van der Waals surface area contributed by atoms with Gasteiger partial charge in [0.05, 0.1) is 12.8 Å². The second-order valence-electron chi connectivity index (χ2n) is 6.05. The normalized spacial score (nSPS) is 16.6. The largest absolute Gasteiger partial charge is 0.492 e. The van der Waals surface area contributed by atoms with Gasteiger partial charge in [0, 0.05) is 6.54 Å². The molecule has 0 atom stereocenters. The molecule has 23 heavy (non-hydrogen) atoms. The molecule has 0 aromatic carbocycles. The monoisotopic (exact) mass is 318 g/mol. The summed E-state index contributed by atoms with van der Waals surface area (Å²) in [5.74, 6) is 1.31. The van der Waals surface area contributed by atoms with Gasteiger partial charge >= 0.3 is 5.76 Å². The van der Waals surface area contributed by atoms with Gasteiger partial charge in [-0.05, 0) is 50.4 Å². The van der Waals surface area contributed by atoms with E-state index in [4.69, 9.17) is 4.74 Å². The van der Waals surface area contributed by atoms with Crippen LogP contribution >= 0.6 is 0 Å². The average Bonchev–Trinajstić information content (AvgIpc) is 3.00. The summed E-state index contributed by atoms with van der Waals surface area (Å²) in [4.78, 5) is 20.1. The third-order valence-electron chi connectivity index (χ3n) is 4.18. The summed E-state index contributed by atoms with van der Waals surface area (Å²) in [5.41, 5.74) is 0.547. The van der Waals surface area contributed by atoms with E-state index in [9.17, 15) is 4.79 Å². The van der Waals surface area contributed by atoms with Crippen molar-refractivity contribution in [3.63, 3.8) is 0 Å². The lowest BCUT2D eigenvalue weighted by atomic mass is 9.99. The molecule has 0 aliphatic carbocycles. The van der Waals surface area contributed by atoms with Crippen molar-refractivity contribution in [1.29, 1.82) is 0 Å². The summed E-state index contributed by atoms with van der Waals surface area (Å²) in [6.45, 7) is 6.48. The number of piperidine rings is 1. The first-order valence-electron chi connectivity index (χ1n) is 8.08. The molecule has 0 unspecified atom stereocenters. The van der Waals surface area contributed by atoms with Crippen LogP contribution in [0.4, 0.5) is 0 Å². The van der Waals surface area contributed by atoms with Gasteiger partial charge in [-0.2, -0.15) is 0 Å². The Morgan fingerprint density at radius 2 is 2.22 bits per heavy atom. The van der Waals surface area contributed by atoms with Gasteiger partial charge in [0.1, 0.15) is 11.4 Å². The number of aromatic nitrogens is 3. The topological polar surface area (TPSA) is 84.2 Å². The minimum absolute atomic E-state index is 0.320. The van der Waals surface area contributed by atoms with Gasteiger partial charge in [0.2, 0.25) is 5.82 Å². The highest BCUT2D eigenvalue weighted by Crippen LogP contribution is 2.17. The summed E-state index contributed by atoms with van der Waals surface area (Å²) < 4.78 is 10.2. The van der Waals surface area contributed by atoms with Crippen molar-refractivity contribution < 1.29 is 9.26 Å². The first kappa shape index (κ1) is 15.7. The maximum Gasteiger partial charge on any atom is 0.439 e. The Kier molecular flexibility index (Phi) is 5.07. The molecule has 1 fully saturated rings. The number of rotatable bonds is 6. The number of H-pyrrole nitrogens is 1. The Labute approximate surface area is 134 Å². The van der Waals surface area contributed by atoms with Gasteiger partial charge in [0.15, 0.2) is 0 Å². The molecule has 3 heterocycles. The molecule has 0 bridgehead atoms. The van der Waals surface area contributed by atoms with Crippen LogP contribution in [0.25, 0.3) is 11.5 Å². The van der Waals surface area contributed by atoms with E-state index in [1.807, 2.05) is 6.07 Å². The predicted molar refractivity (Wildman–Crippen MR) is 85.3 cm³/mol. The standard InChI is InChI=1S/C16H22N4O3/c1-12-5-8-20(9-6-12)7-2-10-22-13-3-4-14(17-11-13)15-18-16(21)23-19-15/h3-4,11-12H,2,5-10H2,1H3,(H,18,19,21). The van der Waals surface area contributed by atoms with Crippen molar-refractivity contribution >= 4 is 0 Å². The van der Waals surface area contributed by atoms with Gasteiger partial charge in [-0.25, -0.2) is 9.78 Å². The molecular formula is C16H22N4O3. The number of hydrogen-bond donors (Lipinski definition) is 1. The average molecular weight is 318 g/mol. The summed E-state index contributed by atoms with van der Waals surface area (Å²) in [6, 6.07) is 3.56. The second-order valence-corrected chi connectivity index (χ2v) is 6.05. The van der Waals surface area contributed by atoms with Crippen LogP contribution in [0.15, 0.2) is 27.6 Å². The third kappa shape index (κ3) is 4.41. The molecule has 1 aliphatic rings. The van der Waals surface area contributed by atoms with E-state index in [0.29, 0.717) is 23.9 Å². The summed E-state index contributed by atoms with van der Waals surface area (Å²) in [7, 11) is 0. The molecule has 1 saturated heterocycles. The first-order chi connectivity index (χ1) is 11.2. The molecule has 7 nitrogen and oxygen atoms in total. The molecule has 1 aliphatic heterocycles. The molecule has 0 saturated carbocycles. The molecule has 2 aromatic heterocycles. The van der Waals surface area contributed by atoms with Crippen molar-refractivity contribution in [2.75, 3.05) is 26.2 Å². The molecule has 0 radical (unpaired) electrons. The van der Waals surface area contributed by atoms with Crippen molar-refractivity contribution in [2.24, 2.45) is 5.92 Å². The summed E-state index contributed by atoms with van der Waals surface area (Å²) >= 11 is 0. The Balaban J connectivity index is 1.41.